The molecule has 0 aromatic heterocycles. The lowest BCUT2D eigenvalue weighted by Crippen LogP contribution is -2.20. The largest absolute Gasteiger partial charge is 0.274 e. The number of hydrogen-bond donors (Lipinski definition) is 0. The molecule has 0 bridgehead atoms. The van der Waals surface area contributed by atoms with E-state index >= 15 is 0 Å². The molecule has 1 amide bonds. The van der Waals surface area contributed by atoms with Crippen LogP contribution in [0.15, 0.2) is 0 Å². The van der Waals surface area contributed by atoms with E-state index in [1.165, 1.54) is 0 Å². The monoisotopic (exact) mass is 114 g/mol. The van der Waals surface area contributed by atoms with Crippen LogP contribution in [-0.4, -0.2) is 17.1 Å². The number of hydrazine groups is 1. The van der Waals surface area contributed by atoms with Crippen molar-refractivity contribution in [3.63, 3.8) is 0 Å². The van der Waals surface area contributed by atoms with Gasteiger partial charge in [-0.05, 0) is 5.23 Å². The van der Waals surface area contributed by atoms with Crippen molar-refractivity contribution in [2.45, 2.75) is 0 Å². The molecule has 0 aliphatic rings. The summed E-state index contributed by atoms with van der Waals surface area (Å²) < 4.78 is 32.1. The molecule has 0 saturated heterocycles. The molecule has 0 saturated carbocycles. The molecule has 0 aliphatic carbocycles. The van der Waals surface area contributed by atoms with Crippen LogP contribution >= 0.6 is 0 Å². The van der Waals surface area contributed by atoms with Gasteiger partial charge in [-0.2, -0.15) is 0 Å². The van der Waals surface area contributed by atoms with E-state index < -0.39 is 17.1 Å². The molecule has 7 heavy (non-hydrogen) atoms. The van der Waals surface area contributed by atoms with Gasteiger partial charge in [-0.1, -0.05) is 13.4 Å². The zero-order chi connectivity index (χ0) is 5.86. The summed E-state index contributed by atoms with van der Waals surface area (Å²) in [6.07, 6.45) is -0.667. The second-order valence-corrected chi connectivity index (χ2v) is 0.609. The first-order valence-electron chi connectivity index (χ1n) is 1.20. The second kappa shape index (κ2) is 2.40. The van der Waals surface area contributed by atoms with Gasteiger partial charge in [0.25, 0.3) is 6.41 Å². The summed E-state index contributed by atoms with van der Waals surface area (Å²) >= 11 is 0. The smallest absolute Gasteiger partial charge is 0.259 e. The van der Waals surface area contributed by atoms with E-state index in [1.807, 2.05) is 0 Å². The van der Waals surface area contributed by atoms with Crippen molar-refractivity contribution < 1.29 is 18.2 Å². The number of rotatable bonds is 2. The normalized spacial score (nSPS) is 9.14. The van der Waals surface area contributed by atoms with E-state index in [1.54, 1.807) is 0 Å². The highest BCUT2D eigenvalue weighted by molar-refractivity contribution is 5.43. The third-order valence-corrected chi connectivity index (χ3v) is 0.231. The Bertz CT molecular complexity index is 66.0. The zero-order valence-corrected chi connectivity index (χ0v) is 3.01. The van der Waals surface area contributed by atoms with Crippen molar-refractivity contribution in [1.82, 2.24) is 10.7 Å². The zero-order valence-electron chi connectivity index (χ0n) is 3.01. The first-order chi connectivity index (χ1) is 3.18. The van der Waals surface area contributed by atoms with Crippen LogP contribution in [-0.2, 0) is 4.79 Å². The van der Waals surface area contributed by atoms with Gasteiger partial charge in [-0.25, -0.2) is 0 Å². The minimum Gasteiger partial charge on any atom is -0.274 e. The molecule has 3 nitrogen and oxygen atoms in total. The van der Waals surface area contributed by atoms with Crippen LogP contribution in [0, 0.1) is 0 Å². The molecule has 0 rings (SSSR count). The Labute approximate surface area is 36.7 Å². The molecule has 0 N–H and O–H groups in total. The molecule has 0 spiro atoms. The molecule has 42 valence electrons. The average molecular weight is 114 g/mol. The van der Waals surface area contributed by atoms with Crippen LogP contribution in [0.25, 0.3) is 0 Å². The highest BCUT2D eigenvalue weighted by Crippen LogP contribution is 1.93. The SMILES string of the molecule is O=CN(F)N(F)F. The summed E-state index contributed by atoms with van der Waals surface area (Å²) in [5, 5.41) is -1.39. The average Bonchev–Trinajstić information content (AvgIpc) is 1.65. The van der Waals surface area contributed by atoms with Crippen LogP contribution in [0.5, 0.6) is 0 Å². The summed E-state index contributed by atoms with van der Waals surface area (Å²) in [6, 6.07) is 0. The predicted octanol–water partition coefficient (Wildman–Crippen LogP) is 0.315. The summed E-state index contributed by atoms with van der Waals surface area (Å²) in [6.45, 7) is 0. The first-order valence-corrected chi connectivity index (χ1v) is 1.20. The van der Waals surface area contributed by atoms with Crippen LogP contribution in [0.2, 0.25) is 0 Å². The Morgan fingerprint density at radius 2 is 1.71 bits per heavy atom. The molecule has 0 heterocycles. The Morgan fingerprint density at radius 3 is 1.71 bits per heavy atom. The Hall–Kier alpha value is -0.780. The van der Waals surface area contributed by atoms with Crippen molar-refractivity contribution in [1.29, 1.82) is 0 Å². The van der Waals surface area contributed by atoms with E-state index in [4.69, 9.17) is 4.79 Å². The minimum absolute atomic E-state index is 0.667. The van der Waals surface area contributed by atoms with Gasteiger partial charge in [0.05, 0.1) is 0 Å². The fourth-order valence-corrected chi connectivity index (χ4v) is 0.0356. The Kier molecular flexibility index (Phi) is 2.14. The van der Waals surface area contributed by atoms with Crippen molar-refractivity contribution in [3.05, 3.63) is 0 Å². The number of amides is 1. The van der Waals surface area contributed by atoms with E-state index in [-0.39, 0.29) is 0 Å². The Morgan fingerprint density at radius 1 is 1.29 bits per heavy atom. The number of hydrogen-bond acceptors (Lipinski definition) is 2. The maximum atomic E-state index is 10.9. The summed E-state index contributed by atoms with van der Waals surface area (Å²) in [7, 11) is 0. The summed E-state index contributed by atoms with van der Waals surface area (Å²) in [5.74, 6) is 0. The number of carbonyl (C=O) groups excluding carboxylic acids is 1. The molecular weight excluding hydrogens is 113 g/mol. The van der Waals surface area contributed by atoms with Crippen molar-refractivity contribution >= 4 is 6.41 Å². The van der Waals surface area contributed by atoms with Crippen LogP contribution in [0.1, 0.15) is 0 Å². The molecule has 6 heteroatoms. The predicted molar refractivity (Wildman–Crippen MR) is 13.1 cm³/mol. The molecule has 0 fully saturated rings. The number of nitrogens with zero attached hydrogens (tertiary/aromatic N) is 2. The molecule has 0 unspecified atom stereocenters. The maximum absolute atomic E-state index is 10.9. The molecule has 0 aromatic carbocycles. The lowest BCUT2D eigenvalue weighted by molar-refractivity contribution is -0.344. The lowest BCUT2D eigenvalue weighted by Gasteiger charge is -1.99. The highest BCUT2D eigenvalue weighted by atomic mass is 19.4. The quantitative estimate of drug-likeness (QED) is 0.293. The van der Waals surface area contributed by atoms with Crippen molar-refractivity contribution in [2.75, 3.05) is 0 Å². The van der Waals surface area contributed by atoms with E-state index in [0.29, 0.717) is 0 Å². The third-order valence-electron chi connectivity index (χ3n) is 0.231. The van der Waals surface area contributed by atoms with Gasteiger partial charge in [0.15, 0.2) is 5.45 Å². The third kappa shape index (κ3) is 1.99. The lowest BCUT2D eigenvalue weighted by atomic mass is 11.4. The van der Waals surface area contributed by atoms with Gasteiger partial charge in [-0.3, -0.25) is 4.79 Å². The molecule has 0 radical (unpaired) electrons. The van der Waals surface area contributed by atoms with Gasteiger partial charge in [0.1, 0.15) is 0 Å². The fraction of sp³-hybridized carbons (Fsp3) is 0. The van der Waals surface area contributed by atoms with Crippen LogP contribution < -0.4 is 0 Å². The number of halogens is 3. The Balaban J connectivity index is 3.33. The maximum Gasteiger partial charge on any atom is 0.259 e. The van der Waals surface area contributed by atoms with E-state index in [9.17, 15) is 13.4 Å². The van der Waals surface area contributed by atoms with Crippen LogP contribution in [0.4, 0.5) is 13.4 Å². The molecule has 0 atom stereocenters. The molecule has 0 aromatic rings. The van der Waals surface area contributed by atoms with Crippen molar-refractivity contribution in [3.8, 4) is 0 Å². The first kappa shape index (κ1) is 6.22. The van der Waals surface area contributed by atoms with E-state index in [2.05, 4.69) is 0 Å². The number of carbonyl (C=O) groups is 1. The van der Waals surface area contributed by atoms with Crippen LogP contribution in [0.3, 0.4) is 0 Å². The standard InChI is InChI=1S/CHF3N2O/c2-5(1-7)6(3)4/h1H. The van der Waals surface area contributed by atoms with Gasteiger partial charge in [0, 0.05) is 0 Å². The van der Waals surface area contributed by atoms with Gasteiger partial charge < -0.3 is 0 Å². The second-order valence-electron chi connectivity index (χ2n) is 0.609. The summed E-state index contributed by atoms with van der Waals surface area (Å²) in [4.78, 5) is 8.98. The van der Waals surface area contributed by atoms with Gasteiger partial charge in [-0.15, -0.1) is 0 Å². The van der Waals surface area contributed by atoms with Gasteiger partial charge >= 0.3 is 0 Å². The fourth-order valence-electron chi connectivity index (χ4n) is 0.0356. The van der Waals surface area contributed by atoms with Gasteiger partial charge in [0.2, 0.25) is 0 Å². The molecular formula is CHF3N2O. The van der Waals surface area contributed by atoms with E-state index in [0.717, 1.165) is 0 Å². The summed E-state index contributed by atoms with van der Waals surface area (Å²) in [5.41, 5.74) is -1.98. The molecule has 0 aliphatic heterocycles. The van der Waals surface area contributed by atoms with Crippen molar-refractivity contribution in [2.24, 2.45) is 0 Å². The minimum atomic E-state index is -1.98. The topological polar surface area (TPSA) is 23.6 Å². The highest BCUT2D eigenvalue weighted by Gasteiger charge is 2.07.